The molecule has 1 aliphatic rings. The monoisotopic (exact) mass is 307 g/mol. The number of nitrogens with zero attached hydrogens (tertiary/aromatic N) is 3. The maximum atomic E-state index is 12.9. The summed E-state index contributed by atoms with van der Waals surface area (Å²) >= 11 is 0. The third kappa shape index (κ3) is 3.74. The van der Waals surface area contributed by atoms with Crippen LogP contribution in [-0.4, -0.2) is 39.8 Å². The Kier molecular flexibility index (Phi) is 5.21. The van der Waals surface area contributed by atoms with Crippen LogP contribution in [0.2, 0.25) is 0 Å². The maximum Gasteiger partial charge on any atom is 0.391 e. The minimum Gasteiger partial charge on any atom is -0.388 e. The van der Waals surface area contributed by atoms with Crippen LogP contribution in [0.25, 0.3) is 0 Å². The van der Waals surface area contributed by atoms with E-state index in [0.717, 1.165) is 0 Å². The van der Waals surface area contributed by atoms with Crippen molar-refractivity contribution in [1.82, 2.24) is 14.8 Å². The molecule has 0 aromatic carbocycles. The van der Waals surface area contributed by atoms with Gasteiger partial charge in [-0.05, 0) is 19.3 Å². The van der Waals surface area contributed by atoms with Crippen molar-refractivity contribution in [2.45, 2.75) is 50.9 Å². The fraction of sp³-hybridized carbons (Fsp3) is 0.846. The Morgan fingerprint density at radius 1 is 1.33 bits per heavy atom. The van der Waals surface area contributed by atoms with Gasteiger partial charge in [0.25, 0.3) is 0 Å². The molecule has 5 nitrogen and oxygen atoms in total. The normalized spacial score (nSPS) is 23.5. The Hall–Kier alpha value is -1.15. The van der Waals surface area contributed by atoms with E-state index in [2.05, 4.69) is 10.2 Å². The zero-order valence-corrected chi connectivity index (χ0v) is 11.9. The zero-order chi connectivity index (χ0) is 15.5. The first-order chi connectivity index (χ1) is 9.97. The molecule has 2 unspecified atom stereocenters. The Morgan fingerprint density at radius 3 is 2.71 bits per heavy atom. The molecule has 2 rings (SSSR count). The molecule has 120 valence electrons. The van der Waals surface area contributed by atoms with Gasteiger partial charge >= 0.3 is 6.18 Å². The molecule has 2 atom stereocenters. The molecule has 0 amide bonds. The summed E-state index contributed by atoms with van der Waals surface area (Å²) in [6.45, 7) is 0.543. The molecule has 1 N–H and O–H groups in total. The molecule has 1 heterocycles. The van der Waals surface area contributed by atoms with E-state index < -0.39 is 12.1 Å². The fourth-order valence-corrected chi connectivity index (χ4v) is 2.92. The number of rotatable bonds is 5. The van der Waals surface area contributed by atoms with Crippen LogP contribution in [0.5, 0.6) is 0 Å². The van der Waals surface area contributed by atoms with Crippen molar-refractivity contribution in [2.24, 2.45) is 5.92 Å². The molecule has 1 aromatic rings. The van der Waals surface area contributed by atoms with Crippen molar-refractivity contribution in [1.29, 1.82) is 0 Å². The molecule has 1 aliphatic carbocycles. The number of alkyl halides is 3. The van der Waals surface area contributed by atoms with Gasteiger partial charge in [0.2, 0.25) is 0 Å². The minimum absolute atomic E-state index is 0.0417. The van der Waals surface area contributed by atoms with E-state index in [1.165, 1.54) is 0 Å². The molecule has 0 bridgehead atoms. The van der Waals surface area contributed by atoms with Crippen LogP contribution < -0.4 is 0 Å². The number of methoxy groups -OCH3 is 1. The number of ether oxygens (including phenoxy) is 1. The molecule has 0 spiro atoms. The Labute approximate surface area is 121 Å². The highest BCUT2D eigenvalue weighted by atomic mass is 19.4. The van der Waals surface area contributed by atoms with E-state index >= 15 is 0 Å². The average Bonchev–Trinajstić information content (AvgIpc) is 2.87. The van der Waals surface area contributed by atoms with E-state index in [9.17, 15) is 18.3 Å². The highest BCUT2D eigenvalue weighted by Gasteiger charge is 2.43. The zero-order valence-electron chi connectivity index (χ0n) is 11.9. The Morgan fingerprint density at radius 2 is 2.10 bits per heavy atom. The first kappa shape index (κ1) is 16.2. The molecule has 8 heteroatoms. The van der Waals surface area contributed by atoms with E-state index in [1.807, 2.05) is 0 Å². The third-order valence-electron chi connectivity index (χ3n) is 4.02. The summed E-state index contributed by atoms with van der Waals surface area (Å²) in [7, 11) is 1.54. The number of hydrogen-bond donors (Lipinski definition) is 1. The summed E-state index contributed by atoms with van der Waals surface area (Å²) in [4.78, 5) is 0. The lowest BCUT2D eigenvalue weighted by Gasteiger charge is -2.30. The molecule has 0 aliphatic heterocycles. The van der Waals surface area contributed by atoms with Gasteiger partial charge in [0.1, 0.15) is 12.4 Å². The van der Waals surface area contributed by atoms with Crippen molar-refractivity contribution in [3.8, 4) is 0 Å². The molecule has 1 aromatic heterocycles. The summed E-state index contributed by atoms with van der Waals surface area (Å²) < 4.78 is 45.4. The predicted octanol–water partition coefficient (Wildman–Crippen LogP) is 2.25. The molecule has 21 heavy (non-hydrogen) atoms. The van der Waals surface area contributed by atoms with Crippen LogP contribution >= 0.6 is 0 Å². The van der Waals surface area contributed by atoms with E-state index in [0.29, 0.717) is 37.6 Å². The number of aromatic nitrogens is 3. The predicted molar refractivity (Wildman–Crippen MR) is 68.6 cm³/mol. The summed E-state index contributed by atoms with van der Waals surface area (Å²) in [6, 6.07) is 0. The summed E-state index contributed by atoms with van der Waals surface area (Å²) in [5, 5.41) is 17.2. The lowest BCUT2D eigenvalue weighted by Crippen LogP contribution is -2.29. The van der Waals surface area contributed by atoms with Crippen molar-refractivity contribution < 1.29 is 23.0 Å². The van der Waals surface area contributed by atoms with Crippen LogP contribution in [0.3, 0.4) is 0 Å². The highest BCUT2D eigenvalue weighted by molar-refractivity contribution is 5.04. The van der Waals surface area contributed by atoms with Crippen molar-refractivity contribution in [3.63, 3.8) is 0 Å². The quantitative estimate of drug-likeness (QED) is 0.906. The number of halogens is 3. The van der Waals surface area contributed by atoms with E-state index in [1.54, 1.807) is 11.7 Å². The van der Waals surface area contributed by atoms with Crippen molar-refractivity contribution >= 4 is 0 Å². The lowest BCUT2D eigenvalue weighted by molar-refractivity contribution is -0.183. The fourth-order valence-electron chi connectivity index (χ4n) is 2.92. The van der Waals surface area contributed by atoms with Crippen LogP contribution in [0.4, 0.5) is 13.2 Å². The number of hydrogen-bond acceptors (Lipinski definition) is 4. The summed E-state index contributed by atoms with van der Waals surface area (Å²) in [5.41, 5.74) is 0. The highest BCUT2D eigenvalue weighted by Crippen LogP contribution is 2.43. The van der Waals surface area contributed by atoms with Crippen LogP contribution in [0.15, 0.2) is 0 Å². The largest absolute Gasteiger partial charge is 0.391 e. The Bertz CT molecular complexity index is 462. The smallest absolute Gasteiger partial charge is 0.388 e. The second-order valence-electron chi connectivity index (χ2n) is 5.38. The first-order valence-electron chi connectivity index (χ1n) is 7.05. The van der Waals surface area contributed by atoms with Gasteiger partial charge in [-0.25, -0.2) is 0 Å². The van der Waals surface area contributed by atoms with Gasteiger partial charge in [-0.1, -0.05) is 6.42 Å². The van der Waals surface area contributed by atoms with Crippen LogP contribution in [0, 0.1) is 5.92 Å². The van der Waals surface area contributed by atoms with Crippen molar-refractivity contribution in [2.75, 3.05) is 13.7 Å². The average molecular weight is 307 g/mol. The van der Waals surface area contributed by atoms with Gasteiger partial charge in [0, 0.05) is 19.6 Å². The standard InChI is InChI=1S/C13H20F3N3O2/c1-21-6-5-19-11(8-20)17-18-12(19)9-3-2-4-10(7-9)13(14,15)16/h9-10,20H,2-8H2,1H3. The van der Waals surface area contributed by atoms with Crippen LogP contribution in [0.1, 0.15) is 43.3 Å². The molecule has 0 radical (unpaired) electrons. The summed E-state index contributed by atoms with van der Waals surface area (Å²) in [6.07, 6.45) is -2.74. The van der Waals surface area contributed by atoms with E-state index in [-0.39, 0.29) is 25.4 Å². The van der Waals surface area contributed by atoms with Gasteiger partial charge in [-0.3, -0.25) is 0 Å². The molecule has 1 saturated carbocycles. The van der Waals surface area contributed by atoms with Crippen LogP contribution in [-0.2, 0) is 17.9 Å². The molecule has 0 saturated heterocycles. The second kappa shape index (κ2) is 6.74. The molecular weight excluding hydrogens is 287 g/mol. The number of aliphatic hydroxyl groups excluding tert-OH is 1. The topological polar surface area (TPSA) is 60.2 Å². The SMILES string of the molecule is COCCn1c(CO)nnc1C1CCCC(C(F)(F)F)C1. The Balaban J connectivity index is 2.18. The van der Waals surface area contributed by atoms with Crippen molar-refractivity contribution in [3.05, 3.63) is 11.6 Å². The van der Waals surface area contributed by atoms with Gasteiger partial charge in [-0.2, -0.15) is 13.2 Å². The third-order valence-corrected chi connectivity index (χ3v) is 4.02. The van der Waals surface area contributed by atoms with Gasteiger partial charge in [0.05, 0.1) is 12.5 Å². The minimum atomic E-state index is -4.16. The van der Waals surface area contributed by atoms with Gasteiger partial charge < -0.3 is 14.4 Å². The second-order valence-corrected chi connectivity index (χ2v) is 5.38. The number of aliphatic hydroxyl groups is 1. The molecular formula is C13H20F3N3O2. The van der Waals surface area contributed by atoms with Gasteiger partial charge in [0.15, 0.2) is 5.82 Å². The lowest BCUT2D eigenvalue weighted by atomic mass is 9.80. The maximum absolute atomic E-state index is 12.9. The van der Waals surface area contributed by atoms with E-state index in [4.69, 9.17) is 4.74 Å². The summed E-state index contributed by atoms with van der Waals surface area (Å²) in [5.74, 6) is -0.641. The molecule has 1 fully saturated rings. The van der Waals surface area contributed by atoms with Gasteiger partial charge in [-0.15, -0.1) is 10.2 Å². The first-order valence-corrected chi connectivity index (χ1v) is 7.05.